The Labute approximate surface area is 193 Å². The van der Waals surface area contributed by atoms with Crippen LogP contribution in [0.15, 0.2) is 48.0 Å². The maximum absolute atomic E-state index is 13.0. The summed E-state index contributed by atoms with van der Waals surface area (Å²) in [4.78, 5) is 24.4. The number of aldehydes is 1. The Morgan fingerprint density at radius 3 is 2.62 bits per heavy atom. The van der Waals surface area contributed by atoms with E-state index in [0.717, 1.165) is 42.4 Å². The van der Waals surface area contributed by atoms with E-state index in [0.29, 0.717) is 29.8 Å². The Kier molecular flexibility index (Phi) is 6.40. The molecule has 2 aromatic carbocycles. The molecule has 0 heterocycles. The third-order valence-electron chi connectivity index (χ3n) is 7.02. The van der Waals surface area contributed by atoms with Gasteiger partial charge in [0.1, 0.15) is 11.8 Å². The predicted octanol–water partition coefficient (Wildman–Crippen LogP) is 5.16. The molecule has 0 aliphatic heterocycles. The first kappa shape index (κ1) is 22.6. The number of hydrogen-bond acceptors (Lipinski definition) is 5. The molecule has 2 aliphatic carbocycles. The molecule has 2 aliphatic rings. The van der Waals surface area contributed by atoms with Gasteiger partial charge in [0.15, 0.2) is 0 Å². The fourth-order valence-corrected chi connectivity index (χ4v) is 5.57. The molecule has 5 nitrogen and oxygen atoms in total. The van der Waals surface area contributed by atoms with Crippen LogP contribution in [-0.4, -0.2) is 36.6 Å². The number of nitrogens with one attached hydrogen (secondary N) is 1. The number of allylic oxidation sites excluding steroid dienone is 1. The smallest absolute Gasteiger partial charge is 0.331 e. The Bertz CT molecular complexity index is 1050. The van der Waals surface area contributed by atoms with Gasteiger partial charge in [-0.1, -0.05) is 41.4 Å². The molecule has 4 rings (SSSR count). The zero-order valence-electron chi connectivity index (χ0n) is 18.2. The van der Waals surface area contributed by atoms with Crippen LogP contribution in [0.1, 0.15) is 60.0 Å². The van der Waals surface area contributed by atoms with Crippen LogP contribution < -0.4 is 5.32 Å². The highest BCUT2D eigenvalue weighted by molar-refractivity contribution is 6.30. The predicted molar refractivity (Wildman–Crippen MR) is 126 cm³/mol. The maximum Gasteiger partial charge on any atom is 0.331 e. The Morgan fingerprint density at radius 1 is 1.19 bits per heavy atom. The van der Waals surface area contributed by atoms with E-state index in [4.69, 9.17) is 16.3 Å². The van der Waals surface area contributed by atoms with E-state index in [-0.39, 0.29) is 18.0 Å². The highest BCUT2D eigenvalue weighted by atomic mass is 35.5. The molecule has 168 valence electrons. The third-order valence-corrected chi connectivity index (χ3v) is 7.25. The molecular formula is C26H28ClNO4. The minimum absolute atomic E-state index is 0.131. The van der Waals surface area contributed by atoms with Gasteiger partial charge in [-0.15, -0.1) is 0 Å². The van der Waals surface area contributed by atoms with E-state index in [1.807, 2.05) is 36.4 Å². The van der Waals surface area contributed by atoms with Crippen LogP contribution in [0.3, 0.4) is 0 Å². The average Bonchev–Trinajstić information content (AvgIpc) is 3.11. The number of hydrogen-bond donors (Lipinski definition) is 2. The molecule has 0 atom stereocenters. The first-order valence-corrected chi connectivity index (χ1v) is 11.4. The van der Waals surface area contributed by atoms with E-state index in [9.17, 15) is 14.7 Å². The van der Waals surface area contributed by atoms with Gasteiger partial charge in [-0.2, -0.15) is 0 Å². The number of carbonyl (C=O) groups is 2. The number of anilines is 1. The first-order chi connectivity index (χ1) is 15.5. The Hall–Kier alpha value is -2.63. The number of aliphatic hydroxyl groups excluding tert-OH is 1. The second kappa shape index (κ2) is 9.08. The summed E-state index contributed by atoms with van der Waals surface area (Å²) in [5.41, 5.74) is 3.89. The summed E-state index contributed by atoms with van der Waals surface area (Å²) in [6.07, 6.45) is 7.18. The first-order valence-electron chi connectivity index (χ1n) is 11.0. The second-order valence-corrected chi connectivity index (χ2v) is 9.19. The number of halogens is 1. The number of rotatable bonds is 7. The minimum Gasteiger partial charge on any atom is -0.467 e. The molecule has 2 aromatic rings. The summed E-state index contributed by atoms with van der Waals surface area (Å²) in [6.45, 7) is 0.131. The molecular weight excluding hydrogens is 426 g/mol. The fraction of sp³-hybridized carbons (Fsp3) is 0.385. The topological polar surface area (TPSA) is 75.6 Å². The van der Waals surface area contributed by atoms with Gasteiger partial charge in [0.05, 0.1) is 7.11 Å². The van der Waals surface area contributed by atoms with Crippen molar-refractivity contribution in [2.75, 3.05) is 19.0 Å². The van der Waals surface area contributed by atoms with Gasteiger partial charge in [0.2, 0.25) is 0 Å². The molecule has 1 saturated carbocycles. The molecule has 0 radical (unpaired) electrons. The number of esters is 1. The van der Waals surface area contributed by atoms with Gasteiger partial charge in [-0.05, 0) is 73.9 Å². The van der Waals surface area contributed by atoms with Crippen molar-refractivity contribution in [3.05, 3.63) is 69.8 Å². The van der Waals surface area contributed by atoms with E-state index in [2.05, 4.69) is 11.4 Å². The van der Waals surface area contributed by atoms with Crippen LogP contribution in [0, 0.1) is 0 Å². The van der Waals surface area contributed by atoms with Gasteiger partial charge in [0, 0.05) is 28.3 Å². The molecule has 0 saturated heterocycles. The molecule has 6 heteroatoms. The highest BCUT2D eigenvalue weighted by Crippen LogP contribution is 2.55. The van der Waals surface area contributed by atoms with Crippen molar-refractivity contribution >= 4 is 35.6 Å². The van der Waals surface area contributed by atoms with Crippen molar-refractivity contribution in [1.82, 2.24) is 0 Å². The minimum atomic E-state index is -0.849. The van der Waals surface area contributed by atoms with Crippen LogP contribution in [0.25, 0.3) is 6.08 Å². The van der Waals surface area contributed by atoms with Crippen LogP contribution >= 0.6 is 11.6 Å². The molecule has 0 amide bonds. The van der Waals surface area contributed by atoms with Crippen molar-refractivity contribution in [2.24, 2.45) is 0 Å². The summed E-state index contributed by atoms with van der Waals surface area (Å²) in [5, 5.41) is 13.5. The third kappa shape index (κ3) is 3.96. The lowest BCUT2D eigenvalue weighted by Gasteiger charge is -2.46. The number of fused-ring (bicyclic) bond motifs is 2. The van der Waals surface area contributed by atoms with E-state index < -0.39 is 5.54 Å². The number of aliphatic hydroxyl groups is 1. The summed E-state index contributed by atoms with van der Waals surface area (Å²) < 4.78 is 5.22. The van der Waals surface area contributed by atoms with Crippen molar-refractivity contribution in [3.8, 4) is 0 Å². The van der Waals surface area contributed by atoms with Gasteiger partial charge >= 0.3 is 5.97 Å². The SMILES string of the molecule is COC(=O)C1(Nc2cccc(Cl)c2)CCC2(CC1)C(CCCO)=Cc1ccc(C=O)cc12. The van der Waals surface area contributed by atoms with Crippen molar-refractivity contribution < 1.29 is 19.4 Å². The molecule has 0 bridgehead atoms. The zero-order valence-corrected chi connectivity index (χ0v) is 19.0. The van der Waals surface area contributed by atoms with Gasteiger partial charge in [-0.25, -0.2) is 4.79 Å². The van der Waals surface area contributed by atoms with Crippen LogP contribution in [0.5, 0.6) is 0 Å². The number of carbonyl (C=O) groups excluding carboxylic acids is 2. The molecule has 0 unspecified atom stereocenters. The molecule has 1 spiro atoms. The average molecular weight is 454 g/mol. The monoisotopic (exact) mass is 453 g/mol. The van der Waals surface area contributed by atoms with Gasteiger partial charge in [-0.3, -0.25) is 4.79 Å². The summed E-state index contributed by atoms with van der Waals surface area (Å²) in [6, 6.07) is 13.2. The van der Waals surface area contributed by atoms with Crippen molar-refractivity contribution in [2.45, 2.75) is 49.5 Å². The lowest BCUT2D eigenvalue weighted by molar-refractivity contribution is -0.147. The number of methoxy groups -OCH3 is 1. The summed E-state index contributed by atoms with van der Waals surface area (Å²) in [7, 11) is 1.42. The molecule has 0 aromatic heterocycles. The van der Waals surface area contributed by atoms with Crippen LogP contribution in [0.4, 0.5) is 5.69 Å². The quantitative estimate of drug-likeness (QED) is 0.447. The maximum atomic E-state index is 13.0. The van der Waals surface area contributed by atoms with E-state index >= 15 is 0 Å². The molecule has 1 fully saturated rings. The standard InChI is InChI=1S/C26H28ClNO4/c1-32-24(31)26(28-22-6-2-5-21(27)16-22)11-9-25(10-12-26)20(4-3-13-29)15-19-8-7-18(17-30)14-23(19)25/h2,5-8,14-17,28-29H,3-4,9-13H2,1H3. The fourth-order valence-electron chi connectivity index (χ4n) is 5.38. The van der Waals surface area contributed by atoms with Crippen molar-refractivity contribution in [1.29, 1.82) is 0 Å². The lowest BCUT2D eigenvalue weighted by Crippen LogP contribution is -2.52. The lowest BCUT2D eigenvalue weighted by atomic mass is 9.61. The van der Waals surface area contributed by atoms with Crippen LogP contribution in [0.2, 0.25) is 5.02 Å². The van der Waals surface area contributed by atoms with Gasteiger partial charge < -0.3 is 15.2 Å². The highest BCUT2D eigenvalue weighted by Gasteiger charge is 2.51. The number of benzene rings is 2. The summed E-state index contributed by atoms with van der Waals surface area (Å²) >= 11 is 6.16. The Morgan fingerprint density at radius 2 is 1.97 bits per heavy atom. The molecule has 2 N–H and O–H groups in total. The van der Waals surface area contributed by atoms with Crippen molar-refractivity contribution in [3.63, 3.8) is 0 Å². The summed E-state index contributed by atoms with van der Waals surface area (Å²) in [5.74, 6) is -0.284. The normalized spacial score (nSPS) is 24.0. The second-order valence-electron chi connectivity index (χ2n) is 8.75. The van der Waals surface area contributed by atoms with Gasteiger partial charge in [0.25, 0.3) is 0 Å². The zero-order chi connectivity index (χ0) is 22.8. The van der Waals surface area contributed by atoms with Crippen LogP contribution in [-0.2, 0) is 14.9 Å². The molecule has 32 heavy (non-hydrogen) atoms. The number of ether oxygens (including phenoxy) is 1. The van der Waals surface area contributed by atoms with E-state index in [1.54, 1.807) is 6.07 Å². The van der Waals surface area contributed by atoms with E-state index in [1.165, 1.54) is 12.7 Å². The largest absolute Gasteiger partial charge is 0.467 e. The Balaban J connectivity index is 1.68.